The summed E-state index contributed by atoms with van der Waals surface area (Å²) in [4.78, 5) is 56.3. The molecule has 1 amide bonds. The van der Waals surface area contributed by atoms with Crippen molar-refractivity contribution in [2.24, 2.45) is 0 Å². The van der Waals surface area contributed by atoms with Gasteiger partial charge in [-0.3, -0.25) is 24.7 Å². The number of hydrogen-bond acceptors (Lipinski definition) is 12. The van der Waals surface area contributed by atoms with E-state index >= 15 is 0 Å². The molecule has 0 saturated heterocycles. The van der Waals surface area contributed by atoms with Gasteiger partial charge < -0.3 is 75.0 Å². The molecule has 1 unspecified atom stereocenters. The molecule has 0 bridgehead atoms. The van der Waals surface area contributed by atoms with Gasteiger partial charge in [0.2, 0.25) is 5.91 Å². The molecule has 12 rings (SSSR count). The molecule has 0 aliphatic heterocycles. The zero-order chi connectivity index (χ0) is 78.5. The predicted octanol–water partition coefficient (Wildman–Crippen LogP) is 23.5. The topological polar surface area (TPSA) is 133 Å². The second-order valence-corrected chi connectivity index (χ2v) is 20.6. The minimum atomic E-state index is -0.0797. The van der Waals surface area contributed by atoms with Crippen molar-refractivity contribution in [1.29, 1.82) is 0 Å². The normalized spacial score (nSPS) is 9.72. The standard InChI is InChI=1S/C20H21N3.C19H17N3O.C19H19N3.C18H17N3.8C2H6.4Y/c1-4-23(5-2)15(3)18-14-20(16-10-12-21-13-11-16)22-19-9-7-6-8-17(18)19;1-3-22(4-2)19(23)16-13-18(14-9-11-20-12-10-14)21-17-8-6-5-7-15(16)17;1-3-22(4-2)14-16-13-19(15-9-11-20-12-10-15)21-18-8-6-5-7-17(16)18;1-3-21(4-2)18-13-17(14-9-11-19-12-10-14)20-16-8-6-5-7-15(16)18;8*1-2;;;;/h6-15H,1-2,4-5H2,3H3;5-13H,1-4H2;5-13H,1-4,14H2;5-13H,1-4H2;8*1-2H3;;;;/q4*-2;;;;;;;;;;;;. The van der Waals surface area contributed by atoms with Gasteiger partial charge in [0.05, 0.1) is 50.4 Å². The van der Waals surface area contributed by atoms with Crippen LogP contribution in [0.4, 0.5) is 5.69 Å². The van der Waals surface area contributed by atoms with Crippen molar-refractivity contribution in [2.75, 3.05) is 57.3 Å². The third kappa shape index (κ3) is 34.1. The first kappa shape index (κ1) is 110. The maximum atomic E-state index is 12.8. The summed E-state index contributed by atoms with van der Waals surface area (Å²) in [5, 5.41) is 4.33. The number of carbonyl (C=O) groups excluding carboxylic acids is 1. The van der Waals surface area contributed by atoms with Crippen molar-refractivity contribution < 1.29 is 136 Å². The number of para-hydroxylation sites is 4. The molecule has 8 aromatic heterocycles. The molecule has 12 aromatic rings. The average molecular weight is 1770 g/mol. The Morgan fingerprint density at radius 3 is 1.00 bits per heavy atom. The predicted molar refractivity (Wildman–Crippen MR) is 457 cm³/mol. The fourth-order valence-corrected chi connectivity index (χ4v) is 10.4. The smallest absolute Gasteiger partial charge is 0.249 e. The van der Waals surface area contributed by atoms with Crippen molar-refractivity contribution in [3.05, 3.63) is 292 Å². The summed E-state index contributed by atoms with van der Waals surface area (Å²) >= 11 is 0. The third-order valence-electron chi connectivity index (χ3n) is 15.4. The van der Waals surface area contributed by atoms with Crippen LogP contribution in [0.5, 0.6) is 0 Å². The number of nitrogens with zero attached hydrogens (tertiary/aromatic N) is 12. The van der Waals surface area contributed by atoms with E-state index < -0.39 is 0 Å². The minimum absolute atomic E-state index is 0. The molecule has 8 heterocycles. The van der Waals surface area contributed by atoms with Gasteiger partial charge in [-0.25, -0.2) is 19.9 Å². The second kappa shape index (κ2) is 67.2. The van der Waals surface area contributed by atoms with E-state index in [1.807, 2.05) is 220 Å². The summed E-state index contributed by atoms with van der Waals surface area (Å²) in [6, 6.07) is 56.5. The molecule has 109 heavy (non-hydrogen) atoms. The maximum Gasteiger partial charge on any atom is 0.249 e. The first-order chi connectivity index (χ1) is 51.6. The maximum absolute atomic E-state index is 12.8. The Balaban J connectivity index is -0.000000627. The number of aromatic nitrogens is 8. The zero-order valence-electron chi connectivity index (χ0n) is 69.0. The van der Waals surface area contributed by atoms with Crippen LogP contribution < -0.4 is 4.90 Å². The van der Waals surface area contributed by atoms with Crippen molar-refractivity contribution in [1.82, 2.24) is 54.6 Å². The van der Waals surface area contributed by atoms with Gasteiger partial charge in [-0.1, -0.05) is 184 Å². The quantitative estimate of drug-likeness (QED) is 0.0757. The van der Waals surface area contributed by atoms with Crippen LogP contribution in [-0.2, 0) is 137 Å². The summed E-state index contributed by atoms with van der Waals surface area (Å²) in [5.41, 5.74) is 15.8. The van der Waals surface area contributed by atoms with Crippen molar-refractivity contribution in [2.45, 2.75) is 130 Å². The number of fused-ring (bicyclic) bond motifs is 4. The van der Waals surface area contributed by atoms with Crippen LogP contribution in [0.25, 0.3) is 88.6 Å². The fourth-order valence-electron chi connectivity index (χ4n) is 10.4. The Morgan fingerprint density at radius 1 is 0.339 bits per heavy atom. The summed E-state index contributed by atoms with van der Waals surface area (Å²) < 4.78 is 0. The zero-order valence-corrected chi connectivity index (χ0v) is 80.3. The Morgan fingerprint density at radius 2 is 0.642 bits per heavy atom. The largest absolute Gasteiger partial charge is 0.431 e. The number of benzene rings is 4. The number of amides is 1. The molecule has 17 heteroatoms. The molecule has 4 aromatic carbocycles. The van der Waals surface area contributed by atoms with Gasteiger partial charge in [-0.15, -0.1) is 52.4 Å². The Kier molecular flexibility index (Phi) is 67.9. The first-order valence-electron chi connectivity index (χ1n) is 37.7. The molecule has 0 N–H and O–H groups in total. The SMILES string of the molecule is CC.CC.CC.CC.CC.CC.CC.CC.[CH2-]CN(C[CH2-])C(=O)c1cc(-c2ccncc2)nc2ccccc12.[CH2-]CN(C[CH2-])C(C)c1cc(-c2ccncc2)nc2ccccc12.[CH2-]CN(C[CH2-])Cc1cc(-c2ccncc2)nc2ccccc12.[CH2-]CN(C[CH2-])c1cc(-c2ccncc2)nc2ccccc12.[Y].[Y].[Y].[Y]. The number of anilines is 1. The van der Waals surface area contributed by atoms with Crippen molar-refractivity contribution >= 4 is 55.2 Å². The molecular formula is C92H122N12OY4-8. The van der Waals surface area contributed by atoms with Gasteiger partial charge in [-0.2, -0.15) is 0 Å². The number of carbonyl (C=O) groups is 1. The molecule has 13 nitrogen and oxygen atoms in total. The molecule has 0 aliphatic carbocycles. The molecule has 4 radical (unpaired) electrons. The summed E-state index contributed by atoms with van der Waals surface area (Å²) in [6.45, 7) is 71.7. The fraction of sp³-hybridized carbons (Fsp3) is 0.293. The average Bonchev–Trinajstić information content (AvgIpc) is 0.800. The van der Waals surface area contributed by atoms with E-state index in [-0.39, 0.29) is 143 Å². The molecule has 0 fully saturated rings. The first-order valence-corrected chi connectivity index (χ1v) is 37.7. The molecule has 1 atom stereocenters. The van der Waals surface area contributed by atoms with Crippen LogP contribution >= 0.6 is 0 Å². The van der Waals surface area contributed by atoms with E-state index in [2.05, 4.69) is 163 Å². The van der Waals surface area contributed by atoms with E-state index in [1.165, 1.54) is 21.9 Å². The number of pyridine rings is 8. The summed E-state index contributed by atoms with van der Waals surface area (Å²) in [7, 11) is 0. The Bertz CT molecular complexity index is 4200. The van der Waals surface area contributed by atoms with Gasteiger partial charge in [0.1, 0.15) is 0 Å². The minimum Gasteiger partial charge on any atom is -0.431 e. The Hall–Kier alpha value is -5.27. The van der Waals surface area contributed by atoms with Gasteiger partial charge in [0.15, 0.2) is 0 Å². The Labute approximate surface area is 760 Å². The molecular weight excluding hydrogens is 1640 g/mol. The second-order valence-electron chi connectivity index (χ2n) is 20.6. The van der Waals surface area contributed by atoms with Crippen LogP contribution in [0.15, 0.2) is 219 Å². The number of hydrogen-bond donors (Lipinski definition) is 0. The van der Waals surface area contributed by atoms with Crippen LogP contribution in [0.1, 0.15) is 145 Å². The van der Waals surface area contributed by atoms with Crippen LogP contribution in [0.2, 0.25) is 0 Å². The van der Waals surface area contributed by atoms with Crippen molar-refractivity contribution in [3.63, 3.8) is 0 Å². The van der Waals surface area contributed by atoms with E-state index in [0.717, 1.165) is 116 Å². The molecule has 576 valence electrons. The van der Waals surface area contributed by atoms with Crippen LogP contribution in [-0.4, -0.2) is 113 Å². The van der Waals surface area contributed by atoms with Gasteiger partial charge in [0, 0.05) is 242 Å². The molecule has 0 spiro atoms. The van der Waals surface area contributed by atoms with E-state index in [9.17, 15) is 4.79 Å². The summed E-state index contributed by atoms with van der Waals surface area (Å²) in [6.07, 6.45) is 14.2. The van der Waals surface area contributed by atoms with E-state index in [4.69, 9.17) is 15.0 Å². The van der Waals surface area contributed by atoms with Crippen LogP contribution in [0, 0.1) is 55.4 Å². The van der Waals surface area contributed by atoms with Gasteiger partial charge in [0.25, 0.3) is 0 Å². The van der Waals surface area contributed by atoms with Gasteiger partial charge >= 0.3 is 0 Å². The van der Waals surface area contributed by atoms with Gasteiger partial charge in [-0.05, 0) is 115 Å². The summed E-state index contributed by atoms with van der Waals surface area (Å²) in [5.74, 6) is -0.0797. The number of rotatable bonds is 18. The molecule has 0 aliphatic rings. The third-order valence-corrected chi connectivity index (χ3v) is 15.4. The van der Waals surface area contributed by atoms with E-state index in [1.54, 1.807) is 54.5 Å². The van der Waals surface area contributed by atoms with E-state index in [0.29, 0.717) is 31.7 Å². The van der Waals surface area contributed by atoms with Crippen molar-refractivity contribution in [3.8, 4) is 45.0 Å². The molecule has 0 saturated carbocycles. The monoisotopic (exact) mass is 1770 g/mol. The van der Waals surface area contributed by atoms with Crippen LogP contribution in [0.3, 0.4) is 0 Å².